The van der Waals surface area contributed by atoms with Crippen molar-refractivity contribution in [1.82, 2.24) is 5.32 Å². The summed E-state index contributed by atoms with van der Waals surface area (Å²) in [5, 5.41) is 3.68. The van der Waals surface area contributed by atoms with E-state index in [0.717, 1.165) is 12.5 Å². The van der Waals surface area contributed by atoms with Crippen LogP contribution in [-0.2, 0) is 4.74 Å². The summed E-state index contributed by atoms with van der Waals surface area (Å²) in [6, 6.07) is 0.500. The van der Waals surface area contributed by atoms with Crippen molar-refractivity contribution >= 4 is 0 Å². The second kappa shape index (κ2) is 9.00. The molecule has 0 amide bonds. The van der Waals surface area contributed by atoms with Crippen molar-refractivity contribution in [1.29, 1.82) is 0 Å². The van der Waals surface area contributed by atoms with Gasteiger partial charge in [0.1, 0.15) is 0 Å². The molecule has 0 radical (unpaired) electrons. The lowest BCUT2D eigenvalue weighted by Crippen LogP contribution is -2.48. The first-order chi connectivity index (χ1) is 7.62. The first-order valence-corrected chi connectivity index (χ1v) is 6.88. The minimum Gasteiger partial charge on any atom is -0.380 e. The van der Waals surface area contributed by atoms with Gasteiger partial charge in [0.15, 0.2) is 0 Å². The summed E-state index contributed by atoms with van der Waals surface area (Å²) < 4.78 is 5.69. The van der Waals surface area contributed by atoms with E-state index in [1.165, 1.54) is 19.3 Å². The van der Waals surface area contributed by atoms with Crippen LogP contribution in [0.3, 0.4) is 0 Å². The van der Waals surface area contributed by atoms with Crippen molar-refractivity contribution in [2.24, 2.45) is 11.8 Å². The second-order valence-corrected chi connectivity index (χ2v) is 5.00. The van der Waals surface area contributed by atoms with Crippen molar-refractivity contribution in [3.8, 4) is 0 Å². The fourth-order valence-corrected chi connectivity index (χ4v) is 2.49. The third-order valence-electron chi connectivity index (χ3n) is 3.47. The van der Waals surface area contributed by atoms with Crippen molar-refractivity contribution in [3.05, 3.63) is 0 Å². The molecule has 0 bridgehead atoms. The smallest absolute Gasteiger partial charge is 0.0749 e. The normalized spacial score (nSPS) is 15.8. The summed E-state index contributed by atoms with van der Waals surface area (Å²) in [7, 11) is 1.84. The van der Waals surface area contributed by atoms with E-state index >= 15 is 0 Å². The SMILES string of the molecule is CCCNC(C(CC)CC)C(OC)C(C)C. The lowest BCUT2D eigenvalue weighted by Gasteiger charge is -2.35. The van der Waals surface area contributed by atoms with Gasteiger partial charge in [-0.15, -0.1) is 0 Å². The molecule has 0 aromatic heterocycles. The summed E-state index contributed by atoms with van der Waals surface area (Å²) in [5.41, 5.74) is 0. The molecule has 2 unspecified atom stereocenters. The highest BCUT2D eigenvalue weighted by Gasteiger charge is 2.29. The number of hydrogen-bond donors (Lipinski definition) is 1. The predicted octanol–water partition coefficient (Wildman–Crippen LogP) is 3.46. The summed E-state index contributed by atoms with van der Waals surface area (Å²) in [6.07, 6.45) is 3.97. The molecule has 1 N–H and O–H groups in total. The fraction of sp³-hybridized carbons (Fsp3) is 1.00. The Kier molecular flexibility index (Phi) is 8.96. The first kappa shape index (κ1) is 15.9. The molecule has 0 saturated carbocycles. The summed E-state index contributed by atoms with van der Waals surface area (Å²) in [5.74, 6) is 1.29. The Bertz CT molecular complexity index is 155. The van der Waals surface area contributed by atoms with Crippen LogP contribution in [0, 0.1) is 11.8 Å². The van der Waals surface area contributed by atoms with E-state index in [-0.39, 0.29) is 0 Å². The Hall–Kier alpha value is -0.0800. The topological polar surface area (TPSA) is 21.3 Å². The average molecular weight is 229 g/mol. The van der Waals surface area contributed by atoms with E-state index < -0.39 is 0 Å². The molecule has 2 atom stereocenters. The van der Waals surface area contributed by atoms with Crippen LogP contribution in [0.15, 0.2) is 0 Å². The minimum atomic E-state index is 0.330. The van der Waals surface area contributed by atoms with Gasteiger partial charge in [-0.25, -0.2) is 0 Å². The molecule has 0 aromatic rings. The highest BCUT2D eigenvalue weighted by atomic mass is 16.5. The standard InChI is InChI=1S/C14H31NO/c1-7-10-15-13(12(8-2)9-3)14(16-6)11(4)5/h11-15H,7-10H2,1-6H3. The van der Waals surface area contributed by atoms with Gasteiger partial charge >= 0.3 is 0 Å². The maximum absolute atomic E-state index is 5.69. The highest BCUT2D eigenvalue weighted by molar-refractivity contribution is 4.84. The van der Waals surface area contributed by atoms with Gasteiger partial charge in [0, 0.05) is 13.2 Å². The van der Waals surface area contributed by atoms with Crippen LogP contribution in [0.25, 0.3) is 0 Å². The Morgan fingerprint density at radius 1 is 1.06 bits per heavy atom. The molecule has 0 saturated heterocycles. The van der Waals surface area contributed by atoms with Crippen LogP contribution in [0.2, 0.25) is 0 Å². The maximum atomic E-state index is 5.69. The molecular weight excluding hydrogens is 198 g/mol. The van der Waals surface area contributed by atoms with Crippen LogP contribution in [0.1, 0.15) is 53.9 Å². The van der Waals surface area contributed by atoms with Gasteiger partial charge in [-0.3, -0.25) is 0 Å². The Morgan fingerprint density at radius 2 is 1.62 bits per heavy atom. The van der Waals surface area contributed by atoms with Gasteiger partial charge in [-0.05, 0) is 24.8 Å². The van der Waals surface area contributed by atoms with Gasteiger partial charge in [-0.1, -0.05) is 47.5 Å². The Morgan fingerprint density at radius 3 is 1.94 bits per heavy atom. The molecule has 2 nitrogen and oxygen atoms in total. The second-order valence-electron chi connectivity index (χ2n) is 5.00. The Labute approximate surface area is 102 Å². The zero-order valence-corrected chi connectivity index (χ0v) is 12.0. The van der Waals surface area contributed by atoms with E-state index in [0.29, 0.717) is 18.1 Å². The zero-order chi connectivity index (χ0) is 12.6. The number of ether oxygens (including phenoxy) is 1. The van der Waals surface area contributed by atoms with Crippen LogP contribution >= 0.6 is 0 Å². The molecule has 0 spiro atoms. The van der Waals surface area contributed by atoms with Crippen molar-refractivity contribution in [2.75, 3.05) is 13.7 Å². The van der Waals surface area contributed by atoms with Crippen LogP contribution in [0.5, 0.6) is 0 Å². The van der Waals surface area contributed by atoms with Gasteiger partial charge in [0.2, 0.25) is 0 Å². The average Bonchev–Trinajstić information content (AvgIpc) is 2.27. The molecule has 0 aliphatic carbocycles. The molecule has 98 valence electrons. The molecule has 0 aliphatic heterocycles. The lowest BCUT2D eigenvalue weighted by atomic mass is 9.85. The molecular formula is C14H31NO. The molecule has 16 heavy (non-hydrogen) atoms. The predicted molar refractivity (Wildman–Crippen MR) is 71.8 cm³/mol. The van der Waals surface area contributed by atoms with Crippen LogP contribution < -0.4 is 5.32 Å². The number of methoxy groups -OCH3 is 1. The molecule has 0 fully saturated rings. The quantitative estimate of drug-likeness (QED) is 0.654. The summed E-state index contributed by atoms with van der Waals surface area (Å²) in [6.45, 7) is 12.4. The summed E-state index contributed by atoms with van der Waals surface area (Å²) in [4.78, 5) is 0. The number of nitrogens with one attached hydrogen (secondary N) is 1. The van der Waals surface area contributed by atoms with Crippen LogP contribution in [-0.4, -0.2) is 25.8 Å². The van der Waals surface area contributed by atoms with E-state index in [2.05, 4.69) is 39.9 Å². The molecule has 0 rings (SSSR count). The van der Waals surface area contributed by atoms with Gasteiger partial charge in [0.05, 0.1) is 6.10 Å². The van der Waals surface area contributed by atoms with E-state index in [1.54, 1.807) is 0 Å². The van der Waals surface area contributed by atoms with Crippen molar-refractivity contribution in [2.45, 2.75) is 66.0 Å². The van der Waals surface area contributed by atoms with Crippen molar-refractivity contribution in [3.63, 3.8) is 0 Å². The highest BCUT2D eigenvalue weighted by Crippen LogP contribution is 2.22. The Balaban J connectivity index is 4.59. The molecule has 0 aromatic carbocycles. The first-order valence-electron chi connectivity index (χ1n) is 6.88. The third kappa shape index (κ3) is 4.84. The van der Waals surface area contributed by atoms with Gasteiger partial charge in [-0.2, -0.15) is 0 Å². The largest absolute Gasteiger partial charge is 0.380 e. The van der Waals surface area contributed by atoms with Crippen molar-refractivity contribution < 1.29 is 4.74 Å². The van der Waals surface area contributed by atoms with Crippen LogP contribution in [0.4, 0.5) is 0 Å². The monoisotopic (exact) mass is 229 g/mol. The van der Waals surface area contributed by atoms with E-state index in [9.17, 15) is 0 Å². The number of rotatable bonds is 9. The fourth-order valence-electron chi connectivity index (χ4n) is 2.49. The lowest BCUT2D eigenvalue weighted by molar-refractivity contribution is 0.0132. The summed E-state index contributed by atoms with van der Waals surface area (Å²) >= 11 is 0. The molecule has 0 aliphatic rings. The minimum absolute atomic E-state index is 0.330. The zero-order valence-electron chi connectivity index (χ0n) is 12.0. The van der Waals surface area contributed by atoms with E-state index in [4.69, 9.17) is 4.74 Å². The number of hydrogen-bond acceptors (Lipinski definition) is 2. The maximum Gasteiger partial charge on any atom is 0.0749 e. The molecule has 2 heteroatoms. The van der Waals surface area contributed by atoms with E-state index in [1.807, 2.05) is 7.11 Å². The molecule has 0 heterocycles. The van der Waals surface area contributed by atoms with Gasteiger partial charge in [0.25, 0.3) is 0 Å². The van der Waals surface area contributed by atoms with Gasteiger partial charge < -0.3 is 10.1 Å². The third-order valence-corrected chi connectivity index (χ3v) is 3.47.